The Hall–Kier alpha value is -1.59. The summed E-state index contributed by atoms with van der Waals surface area (Å²) in [5, 5.41) is 3.30. The SMILES string of the molecule is CC(c1ccccc1)N1CC(C(=O)N2CCNC[C@H]2C)CC1=O.Cl. The highest BCUT2D eigenvalue weighted by Gasteiger charge is 2.39. The largest absolute Gasteiger partial charge is 0.337 e. The Labute approximate surface area is 149 Å². The molecule has 1 aromatic carbocycles. The molecule has 24 heavy (non-hydrogen) atoms. The zero-order valence-corrected chi connectivity index (χ0v) is 15.1. The number of benzene rings is 1. The Morgan fingerprint density at radius 1 is 1.29 bits per heavy atom. The van der Waals surface area contributed by atoms with E-state index in [2.05, 4.69) is 12.2 Å². The minimum absolute atomic E-state index is 0. The lowest BCUT2D eigenvalue weighted by Gasteiger charge is -2.35. The van der Waals surface area contributed by atoms with Gasteiger partial charge >= 0.3 is 0 Å². The van der Waals surface area contributed by atoms with Crippen molar-refractivity contribution >= 4 is 24.2 Å². The quantitative estimate of drug-likeness (QED) is 0.904. The smallest absolute Gasteiger partial charge is 0.228 e. The van der Waals surface area contributed by atoms with Crippen LogP contribution in [0.3, 0.4) is 0 Å². The van der Waals surface area contributed by atoms with E-state index in [0.29, 0.717) is 13.0 Å². The second-order valence-corrected chi connectivity index (χ2v) is 6.62. The molecule has 0 saturated carbocycles. The van der Waals surface area contributed by atoms with E-state index in [-0.39, 0.29) is 42.2 Å². The van der Waals surface area contributed by atoms with E-state index in [0.717, 1.165) is 25.2 Å². The number of hydrogen-bond donors (Lipinski definition) is 1. The van der Waals surface area contributed by atoms with E-state index < -0.39 is 0 Å². The second-order valence-electron chi connectivity index (χ2n) is 6.62. The van der Waals surface area contributed by atoms with Crippen LogP contribution in [0.25, 0.3) is 0 Å². The van der Waals surface area contributed by atoms with Crippen LogP contribution in [-0.4, -0.2) is 53.8 Å². The van der Waals surface area contributed by atoms with Gasteiger partial charge in [-0.2, -0.15) is 0 Å². The molecule has 6 heteroatoms. The molecular weight excluding hydrogens is 326 g/mol. The number of likely N-dealkylation sites (tertiary alicyclic amines) is 1. The van der Waals surface area contributed by atoms with Crippen LogP contribution in [0.4, 0.5) is 0 Å². The molecule has 0 bridgehead atoms. The van der Waals surface area contributed by atoms with Crippen LogP contribution in [-0.2, 0) is 9.59 Å². The molecule has 0 spiro atoms. The van der Waals surface area contributed by atoms with Gasteiger partial charge in [0.15, 0.2) is 0 Å². The van der Waals surface area contributed by atoms with Crippen LogP contribution >= 0.6 is 12.4 Å². The average Bonchev–Trinajstić information content (AvgIpc) is 2.96. The molecule has 0 aliphatic carbocycles. The number of piperazine rings is 1. The van der Waals surface area contributed by atoms with Crippen molar-refractivity contribution in [1.29, 1.82) is 0 Å². The van der Waals surface area contributed by atoms with Gasteiger partial charge in [-0.25, -0.2) is 0 Å². The van der Waals surface area contributed by atoms with E-state index >= 15 is 0 Å². The van der Waals surface area contributed by atoms with Gasteiger partial charge in [-0.15, -0.1) is 12.4 Å². The summed E-state index contributed by atoms with van der Waals surface area (Å²) < 4.78 is 0. The van der Waals surface area contributed by atoms with E-state index in [1.54, 1.807) is 0 Å². The van der Waals surface area contributed by atoms with Crippen molar-refractivity contribution in [2.24, 2.45) is 5.92 Å². The molecular formula is C18H26ClN3O2. The van der Waals surface area contributed by atoms with Crippen LogP contribution in [0.5, 0.6) is 0 Å². The van der Waals surface area contributed by atoms with Gasteiger partial charge in [0.1, 0.15) is 0 Å². The Bertz CT molecular complexity index is 581. The van der Waals surface area contributed by atoms with Gasteiger partial charge < -0.3 is 15.1 Å². The number of hydrogen-bond acceptors (Lipinski definition) is 3. The van der Waals surface area contributed by atoms with Gasteiger partial charge in [-0.05, 0) is 19.4 Å². The number of nitrogens with one attached hydrogen (secondary N) is 1. The Morgan fingerprint density at radius 3 is 2.67 bits per heavy atom. The molecule has 2 aliphatic heterocycles. The van der Waals surface area contributed by atoms with Crippen molar-refractivity contribution in [3.8, 4) is 0 Å². The summed E-state index contributed by atoms with van der Waals surface area (Å²) in [7, 11) is 0. The molecule has 2 amide bonds. The zero-order valence-electron chi connectivity index (χ0n) is 14.3. The third-order valence-corrected chi connectivity index (χ3v) is 5.04. The molecule has 3 rings (SSSR count). The summed E-state index contributed by atoms with van der Waals surface area (Å²) in [6, 6.07) is 10.2. The number of carbonyl (C=O) groups is 2. The normalized spacial score (nSPS) is 25.3. The topological polar surface area (TPSA) is 52.7 Å². The van der Waals surface area contributed by atoms with Crippen LogP contribution < -0.4 is 5.32 Å². The lowest BCUT2D eigenvalue weighted by molar-refractivity contribution is -0.138. The predicted octanol–water partition coefficient (Wildman–Crippen LogP) is 1.84. The fourth-order valence-electron chi connectivity index (χ4n) is 3.59. The number of halogens is 1. The van der Waals surface area contributed by atoms with Crippen molar-refractivity contribution in [3.05, 3.63) is 35.9 Å². The Kier molecular flexibility index (Phi) is 6.24. The van der Waals surface area contributed by atoms with Crippen LogP contribution in [0.1, 0.15) is 31.9 Å². The van der Waals surface area contributed by atoms with Crippen molar-refractivity contribution in [2.75, 3.05) is 26.2 Å². The first-order valence-electron chi connectivity index (χ1n) is 8.43. The first-order valence-corrected chi connectivity index (χ1v) is 8.43. The summed E-state index contributed by atoms with van der Waals surface area (Å²) in [6.07, 6.45) is 0.340. The summed E-state index contributed by atoms with van der Waals surface area (Å²) in [5.74, 6) is 0.0202. The van der Waals surface area contributed by atoms with Crippen molar-refractivity contribution in [3.63, 3.8) is 0 Å². The lowest BCUT2D eigenvalue weighted by atomic mass is 10.0. The monoisotopic (exact) mass is 351 g/mol. The van der Waals surface area contributed by atoms with Crippen molar-refractivity contribution < 1.29 is 9.59 Å². The second kappa shape index (κ2) is 7.99. The van der Waals surface area contributed by atoms with Crippen LogP contribution in [0, 0.1) is 5.92 Å². The van der Waals surface area contributed by atoms with E-state index in [1.807, 2.05) is 47.1 Å². The summed E-state index contributed by atoms with van der Waals surface area (Å²) >= 11 is 0. The minimum atomic E-state index is -0.200. The number of rotatable bonds is 3. The maximum absolute atomic E-state index is 12.8. The third-order valence-electron chi connectivity index (χ3n) is 5.04. The van der Waals surface area contributed by atoms with E-state index in [9.17, 15) is 9.59 Å². The number of amides is 2. The fourth-order valence-corrected chi connectivity index (χ4v) is 3.59. The van der Waals surface area contributed by atoms with Gasteiger partial charge in [-0.1, -0.05) is 30.3 Å². The van der Waals surface area contributed by atoms with Crippen LogP contribution in [0.2, 0.25) is 0 Å². The molecule has 0 aromatic heterocycles. The van der Waals surface area contributed by atoms with Gasteiger partial charge in [0.25, 0.3) is 0 Å². The third kappa shape index (κ3) is 3.73. The molecule has 1 aromatic rings. The molecule has 1 N–H and O–H groups in total. The molecule has 2 heterocycles. The van der Waals surface area contributed by atoms with Gasteiger partial charge in [0.05, 0.1) is 12.0 Å². The predicted molar refractivity (Wildman–Crippen MR) is 96.0 cm³/mol. The first kappa shape index (κ1) is 18.7. The zero-order chi connectivity index (χ0) is 16.4. The first-order chi connectivity index (χ1) is 11.1. The molecule has 132 valence electrons. The standard InChI is InChI=1S/C18H25N3O2.ClH/c1-13-11-19-8-9-20(13)18(23)16-10-17(22)21(12-16)14(2)15-6-4-3-5-7-15;/h3-7,13-14,16,19H,8-12H2,1-2H3;1H/t13-,14?,16?;/m1./s1. The lowest BCUT2D eigenvalue weighted by Crippen LogP contribution is -2.54. The highest BCUT2D eigenvalue weighted by molar-refractivity contribution is 5.89. The number of nitrogens with zero attached hydrogens (tertiary/aromatic N) is 2. The average molecular weight is 352 g/mol. The van der Waals surface area contributed by atoms with Gasteiger partial charge in [0.2, 0.25) is 11.8 Å². The molecule has 2 fully saturated rings. The van der Waals surface area contributed by atoms with E-state index in [4.69, 9.17) is 0 Å². The summed E-state index contributed by atoms with van der Waals surface area (Å²) in [4.78, 5) is 29.0. The fraction of sp³-hybridized carbons (Fsp3) is 0.556. The summed E-state index contributed by atoms with van der Waals surface area (Å²) in [6.45, 7) is 7.03. The molecule has 5 nitrogen and oxygen atoms in total. The maximum Gasteiger partial charge on any atom is 0.228 e. The highest BCUT2D eigenvalue weighted by atomic mass is 35.5. The summed E-state index contributed by atoms with van der Waals surface area (Å²) in [5.41, 5.74) is 1.12. The van der Waals surface area contributed by atoms with Crippen molar-refractivity contribution in [2.45, 2.75) is 32.4 Å². The van der Waals surface area contributed by atoms with Gasteiger partial charge in [-0.3, -0.25) is 9.59 Å². The molecule has 2 aliphatic rings. The number of carbonyl (C=O) groups excluding carboxylic acids is 2. The minimum Gasteiger partial charge on any atom is -0.337 e. The molecule has 0 radical (unpaired) electrons. The highest BCUT2D eigenvalue weighted by Crippen LogP contribution is 2.29. The Morgan fingerprint density at radius 2 is 2.00 bits per heavy atom. The Balaban J connectivity index is 0.00000208. The van der Waals surface area contributed by atoms with E-state index in [1.165, 1.54) is 0 Å². The maximum atomic E-state index is 12.8. The molecule has 2 saturated heterocycles. The van der Waals surface area contributed by atoms with Crippen LogP contribution in [0.15, 0.2) is 30.3 Å². The molecule has 3 atom stereocenters. The van der Waals surface area contributed by atoms with Crippen molar-refractivity contribution in [1.82, 2.24) is 15.1 Å². The molecule has 2 unspecified atom stereocenters. The van der Waals surface area contributed by atoms with Gasteiger partial charge in [0, 0.05) is 38.6 Å².